The second-order valence-electron chi connectivity index (χ2n) is 9.56. The highest BCUT2D eigenvalue weighted by atomic mass is 32.2. The van der Waals surface area contributed by atoms with E-state index in [2.05, 4.69) is 28.7 Å². The molecule has 4 rings (SSSR count). The number of nitrogens with zero attached hydrogens (tertiary/aromatic N) is 3. The van der Waals surface area contributed by atoms with Crippen LogP contribution < -0.4 is 15.2 Å². The van der Waals surface area contributed by atoms with E-state index in [9.17, 15) is 21.6 Å². The summed E-state index contributed by atoms with van der Waals surface area (Å²) < 4.78 is 75.7. The van der Waals surface area contributed by atoms with Gasteiger partial charge in [0.15, 0.2) is 5.82 Å². The lowest BCUT2D eigenvalue weighted by Crippen LogP contribution is -2.42. The van der Waals surface area contributed by atoms with Crippen LogP contribution in [-0.4, -0.2) is 54.2 Å². The Balaban J connectivity index is 0.00000294. The van der Waals surface area contributed by atoms with E-state index in [1.54, 1.807) is 0 Å². The van der Waals surface area contributed by atoms with Crippen LogP contribution in [-0.2, 0) is 10.0 Å². The molecule has 0 aliphatic carbocycles. The summed E-state index contributed by atoms with van der Waals surface area (Å²) in [6.07, 6.45) is 1.35. The number of likely N-dealkylation sites (tertiary alicyclic amines) is 1. The van der Waals surface area contributed by atoms with Crippen LogP contribution in [0.1, 0.15) is 42.0 Å². The number of nitrogens with two attached hydrogens (primary N) is 1. The van der Waals surface area contributed by atoms with Crippen molar-refractivity contribution in [3.63, 3.8) is 0 Å². The Labute approximate surface area is 227 Å². The van der Waals surface area contributed by atoms with Crippen LogP contribution in [0.5, 0.6) is 5.88 Å². The first-order chi connectivity index (χ1) is 18.4. The standard InChI is InChI=1S/C26H29F3N6O3S.2H2/c1-14(2)35-10-8-18(9-11-35)38-26-23(15(3)30)24(31)32-25(33-26)16-4-7-21(20(29)12-16)34-39(36,37)22-13-17(27)5-6-19(22)28;;/h4-7,12-14,18,30,34H,8-11H2,1-3H3,(H2,31,32,33);2*1H. The van der Waals surface area contributed by atoms with Crippen molar-refractivity contribution in [3.05, 3.63) is 59.4 Å². The Morgan fingerprint density at radius 2 is 1.82 bits per heavy atom. The fourth-order valence-electron chi connectivity index (χ4n) is 4.31. The number of hydrogen-bond donors (Lipinski definition) is 3. The van der Waals surface area contributed by atoms with Gasteiger partial charge in [0.05, 0.1) is 11.3 Å². The van der Waals surface area contributed by atoms with E-state index in [1.807, 2.05) is 4.72 Å². The molecular formula is C26H33F3N6O3S. The molecule has 0 unspecified atom stereocenters. The summed E-state index contributed by atoms with van der Waals surface area (Å²) >= 11 is 0. The third-order valence-corrected chi connectivity index (χ3v) is 7.80. The van der Waals surface area contributed by atoms with Gasteiger partial charge in [-0.05, 0) is 70.0 Å². The molecule has 1 saturated heterocycles. The van der Waals surface area contributed by atoms with Gasteiger partial charge in [-0.15, -0.1) is 0 Å². The van der Waals surface area contributed by atoms with E-state index >= 15 is 0 Å². The van der Waals surface area contributed by atoms with Crippen molar-refractivity contribution >= 4 is 27.2 Å². The summed E-state index contributed by atoms with van der Waals surface area (Å²) in [7, 11) is -4.62. The molecule has 1 aliphatic rings. The number of aromatic nitrogens is 2. The summed E-state index contributed by atoms with van der Waals surface area (Å²) in [5.41, 5.74) is 6.16. The van der Waals surface area contributed by atoms with Crippen LogP contribution in [0.25, 0.3) is 11.4 Å². The van der Waals surface area contributed by atoms with Crippen LogP contribution in [0, 0.1) is 22.9 Å². The number of anilines is 2. The Kier molecular flexibility index (Phi) is 8.12. The number of sulfonamides is 1. The van der Waals surface area contributed by atoms with Crippen LogP contribution in [0.3, 0.4) is 0 Å². The first kappa shape index (κ1) is 28.3. The van der Waals surface area contributed by atoms with Crippen LogP contribution in [0.4, 0.5) is 24.7 Å². The molecule has 0 spiro atoms. The molecule has 212 valence electrons. The Morgan fingerprint density at radius 3 is 2.44 bits per heavy atom. The van der Waals surface area contributed by atoms with Gasteiger partial charge in [-0.3, -0.25) is 4.72 Å². The maximum atomic E-state index is 15.0. The summed E-state index contributed by atoms with van der Waals surface area (Å²) in [5, 5.41) is 8.12. The number of rotatable bonds is 8. The Hall–Kier alpha value is -3.71. The third kappa shape index (κ3) is 6.31. The van der Waals surface area contributed by atoms with E-state index < -0.39 is 38.1 Å². The number of halogens is 3. The van der Waals surface area contributed by atoms with Gasteiger partial charge in [-0.25, -0.2) is 26.6 Å². The zero-order valence-corrected chi connectivity index (χ0v) is 22.4. The van der Waals surface area contributed by atoms with Crippen molar-refractivity contribution in [2.24, 2.45) is 0 Å². The van der Waals surface area contributed by atoms with Crippen molar-refractivity contribution in [2.45, 2.75) is 50.7 Å². The Bertz CT molecular complexity index is 1520. The molecule has 0 atom stereocenters. The van der Waals surface area contributed by atoms with Gasteiger partial charge in [-0.1, -0.05) is 0 Å². The number of piperidine rings is 1. The molecule has 3 aromatic rings. The number of ether oxygens (including phenoxy) is 1. The molecule has 4 N–H and O–H groups in total. The molecule has 0 amide bonds. The molecule has 2 aromatic carbocycles. The van der Waals surface area contributed by atoms with E-state index in [4.69, 9.17) is 15.9 Å². The van der Waals surface area contributed by atoms with Gasteiger partial charge in [-0.2, -0.15) is 4.98 Å². The minimum absolute atomic E-state index is 0. The SMILES string of the molecule is CC(=N)c1c(N)nc(-c2ccc(NS(=O)(=O)c3cc(F)ccc3F)c(F)c2)nc1OC1CCN(C(C)C)CC1.[HH].[HH]. The molecule has 0 saturated carbocycles. The second kappa shape index (κ2) is 11.2. The summed E-state index contributed by atoms with van der Waals surface area (Å²) in [5.74, 6) is -3.06. The number of benzene rings is 2. The lowest BCUT2D eigenvalue weighted by molar-refractivity contribution is 0.0812. The van der Waals surface area contributed by atoms with Crippen molar-refractivity contribution in [1.82, 2.24) is 14.9 Å². The fourth-order valence-corrected chi connectivity index (χ4v) is 5.47. The van der Waals surface area contributed by atoms with Crippen molar-refractivity contribution < 1.29 is 29.2 Å². The van der Waals surface area contributed by atoms with Crippen molar-refractivity contribution in [1.29, 1.82) is 5.41 Å². The fraction of sp³-hybridized carbons (Fsp3) is 0.346. The average Bonchev–Trinajstić information content (AvgIpc) is 2.86. The number of hydrogen-bond acceptors (Lipinski definition) is 8. The maximum absolute atomic E-state index is 15.0. The molecule has 1 fully saturated rings. The summed E-state index contributed by atoms with van der Waals surface area (Å²) in [4.78, 5) is 10.0. The number of nitrogens with one attached hydrogen (secondary N) is 2. The van der Waals surface area contributed by atoms with Crippen molar-refractivity contribution in [3.8, 4) is 17.3 Å². The van der Waals surface area contributed by atoms with Gasteiger partial charge in [0.1, 0.15) is 34.3 Å². The third-order valence-electron chi connectivity index (χ3n) is 6.42. The molecule has 0 bridgehead atoms. The predicted octanol–water partition coefficient (Wildman–Crippen LogP) is 5.08. The minimum Gasteiger partial charge on any atom is -0.474 e. The smallest absolute Gasteiger partial charge is 0.265 e. The topological polar surface area (TPSA) is 134 Å². The van der Waals surface area contributed by atoms with Gasteiger partial charge in [0.2, 0.25) is 5.88 Å². The molecule has 1 aromatic heterocycles. The molecule has 13 heteroatoms. The second-order valence-corrected chi connectivity index (χ2v) is 11.2. The average molecular weight is 567 g/mol. The monoisotopic (exact) mass is 566 g/mol. The van der Waals surface area contributed by atoms with E-state index in [-0.39, 0.29) is 43.3 Å². The molecule has 0 radical (unpaired) electrons. The first-order valence-electron chi connectivity index (χ1n) is 12.3. The van der Waals surface area contributed by atoms with E-state index in [0.717, 1.165) is 44.1 Å². The van der Waals surface area contributed by atoms with Gasteiger partial charge >= 0.3 is 0 Å². The van der Waals surface area contributed by atoms with Crippen LogP contribution >= 0.6 is 0 Å². The predicted molar refractivity (Wildman–Crippen MR) is 146 cm³/mol. The van der Waals surface area contributed by atoms with Gasteiger partial charge in [0.25, 0.3) is 10.0 Å². The first-order valence-corrected chi connectivity index (χ1v) is 13.8. The molecule has 1 aliphatic heterocycles. The zero-order chi connectivity index (χ0) is 28.5. The Morgan fingerprint density at radius 1 is 1.13 bits per heavy atom. The van der Waals surface area contributed by atoms with Crippen LogP contribution in [0.15, 0.2) is 41.3 Å². The minimum atomic E-state index is -4.62. The largest absolute Gasteiger partial charge is 0.474 e. The quantitative estimate of drug-likeness (QED) is 0.324. The van der Waals surface area contributed by atoms with Crippen LogP contribution in [0.2, 0.25) is 0 Å². The normalized spacial score (nSPS) is 14.9. The lowest BCUT2D eigenvalue weighted by atomic mass is 10.1. The molecule has 9 nitrogen and oxygen atoms in total. The van der Waals surface area contributed by atoms with Gasteiger partial charge < -0.3 is 20.8 Å². The van der Waals surface area contributed by atoms with Gasteiger partial charge in [0, 0.05) is 33.3 Å². The summed E-state index contributed by atoms with van der Waals surface area (Å²) in [6.45, 7) is 7.48. The molecular weight excluding hydrogens is 533 g/mol. The highest BCUT2D eigenvalue weighted by Crippen LogP contribution is 2.31. The molecule has 39 heavy (non-hydrogen) atoms. The molecule has 2 heterocycles. The number of nitrogen functional groups attached to an aromatic ring is 1. The lowest BCUT2D eigenvalue weighted by Gasteiger charge is -2.34. The van der Waals surface area contributed by atoms with Crippen molar-refractivity contribution in [2.75, 3.05) is 23.5 Å². The van der Waals surface area contributed by atoms with E-state index in [0.29, 0.717) is 18.2 Å². The maximum Gasteiger partial charge on any atom is 0.265 e. The highest BCUT2D eigenvalue weighted by molar-refractivity contribution is 7.92. The van der Waals surface area contributed by atoms with E-state index in [1.165, 1.54) is 13.0 Å². The zero-order valence-electron chi connectivity index (χ0n) is 21.6. The highest BCUT2D eigenvalue weighted by Gasteiger charge is 2.26. The summed E-state index contributed by atoms with van der Waals surface area (Å²) in [6, 6.07) is 5.79.